The molecule has 0 aromatic heterocycles. The lowest BCUT2D eigenvalue weighted by Gasteiger charge is -2.37. The summed E-state index contributed by atoms with van der Waals surface area (Å²) in [5.41, 5.74) is 0.123. The van der Waals surface area contributed by atoms with E-state index in [9.17, 15) is 18.4 Å². The smallest absolute Gasteiger partial charge is 0.387 e. The first kappa shape index (κ1) is 22.1. The molecule has 1 fully saturated rings. The Morgan fingerprint density at radius 2 is 1.61 bits per heavy atom. The van der Waals surface area contributed by atoms with Crippen molar-refractivity contribution in [1.29, 1.82) is 0 Å². The van der Waals surface area contributed by atoms with Crippen molar-refractivity contribution in [3.05, 3.63) is 29.8 Å². The third-order valence-corrected chi connectivity index (χ3v) is 4.75. The molecular formula is C20H29F2N3O3. The normalized spacial score (nSPS) is 15.4. The Balaban J connectivity index is 1.95. The molecule has 0 N–H and O–H groups in total. The van der Waals surface area contributed by atoms with Gasteiger partial charge in [-0.05, 0) is 39.8 Å². The van der Waals surface area contributed by atoms with Gasteiger partial charge in [-0.3, -0.25) is 14.5 Å². The molecule has 0 atom stereocenters. The average Bonchev–Trinajstić information content (AvgIpc) is 2.61. The van der Waals surface area contributed by atoms with E-state index >= 15 is 0 Å². The highest BCUT2D eigenvalue weighted by Crippen LogP contribution is 2.22. The Bertz CT molecular complexity index is 666. The van der Waals surface area contributed by atoms with Crippen molar-refractivity contribution in [2.45, 2.75) is 46.4 Å². The minimum atomic E-state index is -2.98. The van der Waals surface area contributed by atoms with Gasteiger partial charge in [0.05, 0.1) is 12.1 Å². The second kappa shape index (κ2) is 9.82. The Labute approximate surface area is 165 Å². The van der Waals surface area contributed by atoms with Gasteiger partial charge in [-0.2, -0.15) is 8.78 Å². The summed E-state index contributed by atoms with van der Waals surface area (Å²) in [6, 6.07) is 6.27. The van der Waals surface area contributed by atoms with E-state index in [4.69, 9.17) is 0 Å². The molecule has 1 heterocycles. The summed E-state index contributed by atoms with van der Waals surface area (Å²) in [4.78, 5) is 30.8. The van der Waals surface area contributed by atoms with Crippen molar-refractivity contribution in [1.82, 2.24) is 14.7 Å². The first-order valence-electron chi connectivity index (χ1n) is 9.57. The van der Waals surface area contributed by atoms with E-state index < -0.39 is 6.61 Å². The summed E-state index contributed by atoms with van der Waals surface area (Å²) in [5, 5.41) is 0. The molecular weight excluding hydrogens is 368 g/mol. The number of carbonyl (C=O) groups excluding carboxylic acids is 2. The van der Waals surface area contributed by atoms with Crippen LogP contribution in [0.5, 0.6) is 5.75 Å². The standard InChI is InChI=1S/C20H29F2N3O3/c1-14(2)25(15(3)4)18(26)13-23-9-11-24(12-10-23)19(27)16-7-5-6-8-17(16)28-20(21)22/h5-8,14-15,20H,9-13H2,1-4H3. The quantitative estimate of drug-likeness (QED) is 0.710. The third kappa shape index (κ3) is 5.64. The first-order valence-corrected chi connectivity index (χ1v) is 9.57. The minimum absolute atomic E-state index is 0.0699. The highest BCUT2D eigenvalue weighted by molar-refractivity contribution is 5.97. The van der Waals surface area contributed by atoms with E-state index in [1.165, 1.54) is 12.1 Å². The largest absolute Gasteiger partial charge is 0.434 e. The Kier molecular flexibility index (Phi) is 7.74. The van der Waals surface area contributed by atoms with Gasteiger partial charge in [0, 0.05) is 38.3 Å². The van der Waals surface area contributed by atoms with Crippen LogP contribution in [-0.2, 0) is 4.79 Å². The molecule has 156 valence electrons. The number of halogens is 2. The third-order valence-electron chi connectivity index (χ3n) is 4.75. The van der Waals surface area contributed by atoms with Crippen LogP contribution in [-0.4, -0.2) is 77.9 Å². The molecule has 2 amide bonds. The molecule has 1 aliphatic heterocycles. The van der Waals surface area contributed by atoms with Crippen LogP contribution in [0.25, 0.3) is 0 Å². The summed E-state index contributed by atoms with van der Waals surface area (Å²) in [7, 11) is 0. The van der Waals surface area contributed by atoms with E-state index in [2.05, 4.69) is 4.74 Å². The van der Waals surface area contributed by atoms with Gasteiger partial charge in [0.2, 0.25) is 5.91 Å². The van der Waals surface area contributed by atoms with Crippen LogP contribution in [0.1, 0.15) is 38.1 Å². The monoisotopic (exact) mass is 397 g/mol. The lowest BCUT2D eigenvalue weighted by atomic mass is 10.1. The fourth-order valence-corrected chi connectivity index (χ4v) is 3.57. The molecule has 0 saturated carbocycles. The van der Waals surface area contributed by atoms with Crippen LogP contribution < -0.4 is 4.74 Å². The molecule has 1 aliphatic rings. The maximum absolute atomic E-state index is 12.7. The topological polar surface area (TPSA) is 53.1 Å². The molecule has 0 bridgehead atoms. The minimum Gasteiger partial charge on any atom is -0.434 e. The van der Waals surface area contributed by atoms with Gasteiger partial charge < -0.3 is 14.5 Å². The van der Waals surface area contributed by atoms with Crippen LogP contribution in [0, 0.1) is 0 Å². The van der Waals surface area contributed by atoms with Gasteiger partial charge in [0.1, 0.15) is 5.75 Å². The van der Waals surface area contributed by atoms with E-state index in [1.54, 1.807) is 17.0 Å². The molecule has 0 aliphatic carbocycles. The van der Waals surface area contributed by atoms with Gasteiger partial charge in [-0.1, -0.05) is 12.1 Å². The Morgan fingerprint density at radius 1 is 1.04 bits per heavy atom. The number of piperazine rings is 1. The lowest BCUT2D eigenvalue weighted by Crippen LogP contribution is -2.53. The number of amides is 2. The van der Waals surface area contributed by atoms with E-state index in [0.717, 1.165) is 0 Å². The Morgan fingerprint density at radius 3 is 2.14 bits per heavy atom. The lowest BCUT2D eigenvalue weighted by molar-refractivity contribution is -0.136. The number of hydrogen-bond acceptors (Lipinski definition) is 4. The van der Waals surface area contributed by atoms with E-state index in [1.807, 2.05) is 37.5 Å². The molecule has 1 aromatic carbocycles. The molecule has 28 heavy (non-hydrogen) atoms. The van der Waals surface area contributed by atoms with Crippen LogP contribution in [0.3, 0.4) is 0 Å². The van der Waals surface area contributed by atoms with Gasteiger partial charge in [0.15, 0.2) is 0 Å². The second-order valence-corrected chi connectivity index (χ2v) is 7.43. The average molecular weight is 397 g/mol. The number of nitrogens with zero attached hydrogens (tertiary/aromatic N) is 3. The zero-order valence-corrected chi connectivity index (χ0v) is 16.9. The van der Waals surface area contributed by atoms with Gasteiger partial charge in [0.25, 0.3) is 5.91 Å². The zero-order chi connectivity index (χ0) is 20.8. The number of alkyl halides is 2. The summed E-state index contributed by atoms with van der Waals surface area (Å²) in [6.45, 7) is 7.27. The predicted molar refractivity (Wildman–Crippen MR) is 103 cm³/mol. The fraction of sp³-hybridized carbons (Fsp3) is 0.600. The number of rotatable bonds is 7. The van der Waals surface area contributed by atoms with Gasteiger partial charge >= 0.3 is 6.61 Å². The summed E-state index contributed by atoms with van der Waals surface area (Å²) >= 11 is 0. The fourth-order valence-electron chi connectivity index (χ4n) is 3.57. The molecule has 8 heteroatoms. The predicted octanol–water partition coefficient (Wildman–Crippen LogP) is 2.69. The first-order chi connectivity index (χ1) is 13.2. The maximum Gasteiger partial charge on any atom is 0.387 e. The van der Waals surface area contributed by atoms with Crippen molar-refractivity contribution < 1.29 is 23.1 Å². The Hall–Kier alpha value is -2.22. The van der Waals surface area contributed by atoms with Crippen LogP contribution in [0.4, 0.5) is 8.78 Å². The molecule has 0 unspecified atom stereocenters. The summed E-state index contributed by atoms with van der Waals surface area (Å²) in [5.74, 6) is -0.390. The number of benzene rings is 1. The maximum atomic E-state index is 12.7. The second-order valence-electron chi connectivity index (χ2n) is 7.43. The molecule has 2 rings (SSSR count). The molecule has 1 saturated heterocycles. The van der Waals surface area contributed by atoms with Gasteiger partial charge in [-0.25, -0.2) is 0 Å². The van der Waals surface area contributed by atoms with Gasteiger partial charge in [-0.15, -0.1) is 0 Å². The number of carbonyl (C=O) groups is 2. The van der Waals surface area contributed by atoms with E-state index in [0.29, 0.717) is 32.7 Å². The van der Waals surface area contributed by atoms with Crippen molar-refractivity contribution in [2.75, 3.05) is 32.7 Å². The van der Waals surface area contributed by atoms with Crippen molar-refractivity contribution in [2.24, 2.45) is 0 Å². The molecule has 0 radical (unpaired) electrons. The number of para-hydroxylation sites is 1. The zero-order valence-electron chi connectivity index (χ0n) is 16.9. The van der Waals surface area contributed by atoms with Crippen molar-refractivity contribution in [3.63, 3.8) is 0 Å². The summed E-state index contributed by atoms with van der Waals surface area (Å²) in [6.07, 6.45) is 0. The molecule has 0 spiro atoms. The van der Waals surface area contributed by atoms with Crippen molar-refractivity contribution in [3.8, 4) is 5.75 Å². The highest BCUT2D eigenvalue weighted by atomic mass is 19.3. The van der Waals surface area contributed by atoms with E-state index in [-0.39, 0.29) is 35.2 Å². The van der Waals surface area contributed by atoms with Crippen molar-refractivity contribution >= 4 is 11.8 Å². The summed E-state index contributed by atoms with van der Waals surface area (Å²) < 4.78 is 29.6. The SMILES string of the molecule is CC(C)N(C(=O)CN1CCN(C(=O)c2ccccc2OC(F)F)CC1)C(C)C. The van der Waals surface area contributed by atoms with Crippen LogP contribution in [0.15, 0.2) is 24.3 Å². The van der Waals surface area contributed by atoms with Crippen LogP contribution >= 0.6 is 0 Å². The molecule has 6 nitrogen and oxygen atoms in total. The van der Waals surface area contributed by atoms with Crippen LogP contribution in [0.2, 0.25) is 0 Å². The molecule has 1 aromatic rings. The number of ether oxygens (including phenoxy) is 1. The number of hydrogen-bond donors (Lipinski definition) is 0. The highest BCUT2D eigenvalue weighted by Gasteiger charge is 2.28.